The molecule has 2 nitrogen and oxygen atoms in total. The molecule has 1 saturated carbocycles. The molecule has 96 valence electrons. The Kier molecular flexibility index (Phi) is 3.13. The van der Waals surface area contributed by atoms with E-state index in [0.717, 1.165) is 23.7 Å². The van der Waals surface area contributed by atoms with E-state index in [9.17, 15) is 0 Å². The average Bonchev–Trinajstić information content (AvgIpc) is 2.71. The third kappa shape index (κ3) is 1.76. The summed E-state index contributed by atoms with van der Waals surface area (Å²) < 4.78 is 6.01. The lowest BCUT2D eigenvalue weighted by molar-refractivity contribution is 0.238. The van der Waals surface area contributed by atoms with Gasteiger partial charge in [-0.25, -0.2) is 0 Å². The standard InChI is InChI=1S/C16H21NO/c1-3-13-15(16(17-2)11-7-6-8-11)12-9-4-5-10-14(12)18-13/h4-5,9-11,16-17H,3,6-8H2,1-2H3. The molecule has 0 saturated heterocycles. The first-order valence-electron chi connectivity index (χ1n) is 7.02. The van der Waals surface area contributed by atoms with Gasteiger partial charge >= 0.3 is 0 Å². The second-order valence-electron chi connectivity index (χ2n) is 5.25. The number of aryl methyl sites for hydroxylation is 1. The predicted octanol–water partition coefficient (Wildman–Crippen LogP) is 4.06. The van der Waals surface area contributed by atoms with E-state index >= 15 is 0 Å². The van der Waals surface area contributed by atoms with Gasteiger partial charge < -0.3 is 9.73 Å². The van der Waals surface area contributed by atoms with Crippen LogP contribution in [0.2, 0.25) is 0 Å². The van der Waals surface area contributed by atoms with Crippen LogP contribution in [0.25, 0.3) is 11.0 Å². The summed E-state index contributed by atoms with van der Waals surface area (Å²) in [6, 6.07) is 8.88. The third-order valence-electron chi connectivity index (χ3n) is 4.28. The van der Waals surface area contributed by atoms with E-state index in [1.807, 2.05) is 6.07 Å². The monoisotopic (exact) mass is 243 g/mol. The van der Waals surface area contributed by atoms with Crippen LogP contribution in [0.15, 0.2) is 28.7 Å². The zero-order valence-electron chi connectivity index (χ0n) is 11.2. The number of fused-ring (bicyclic) bond motifs is 1. The van der Waals surface area contributed by atoms with Gasteiger partial charge in [0.1, 0.15) is 11.3 Å². The maximum absolute atomic E-state index is 6.01. The maximum Gasteiger partial charge on any atom is 0.134 e. The fraction of sp³-hybridized carbons (Fsp3) is 0.500. The molecule has 0 spiro atoms. The van der Waals surface area contributed by atoms with Gasteiger partial charge in [-0.15, -0.1) is 0 Å². The molecule has 2 heteroatoms. The van der Waals surface area contributed by atoms with E-state index in [2.05, 4.69) is 37.5 Å². The highest BCUT2D eigenvalue weighted by atomic mass is 16.3. The topological polar surface area (TPSA) is 25.2 Å². The molecule has 1 aromatic carbocycles. The molecule has 1 unspecified atom stereocenters. The van der Waals surface area contributed by atoms with Gasteiger partial charge in [0.05, 0.1) is 0 Å². The summed E-state index contributed by atoms with van der Waals surface area (Å²) in [6.07, 6.45) is 5.03. The van der Waals surface area contributed by atoms with Crippen LogP contribution < -0.4 is 5.32 Å². The van der Waals surface area contributed by atoms with Crippen molar-refractivity contribution in [2.45, 2.75) is 38.6 Å². The quantitative estimate of drug-likeness (QED) is 0.876. The van der Waals surface area contributed by atoms with E-state index in [1.165, 1.54) is 30.2 Å². The molecule has 18 heavy (non-hydrogen) atoms. The van der Waals surface area contributed by atoms with Crippen molar-refractivity contribution in [2.75, 3.05) is 7.05 Å². The van der Waals surface area contributed by atoms with Crippen LogP contribution in [-0.4, -0.2) is 7.05 Å². The normalized spacial score (nSPS) is 17.9. The zero-order valence-corrected chi connectivity index (χ0v) is 11.2. The minimum Gasteiger partial charge on any atom is -0.461 e. The maximum atomic E-state index is 6.01. The molecule has 0 radical (unpaired) electrons. The summed E-state index contributed by atoms with van der Waals surface area (Å²) in [4.78, 5) is 0. The zero-order chi connectivity index (χ0) is 12.5. The number of hydrogen-bond acceptors (Lipinski definition) is 2. The number of benzene rings is 1. The predicted molar refractivity (Wildman–Crippen MR) is 74.7 cm³/mol. The molecule has 1 fully saturated rings. The van der Waals surface area contributed by atoms with Gasteiger partial charge in [0, 0.05) is 23.4 Å². The summed E-state index contributed by atoms with van der Waals surface area (Å²) in [7, 11) is 2.07. The number of hydrogen-bond donors (Lipinski definition) is 1. The van der Waals surface area contributed by atoms with Crippen molar-refractivity contribution in [1.82, 2.24) is 5.32 Å². The van der Waals surface area contributed by atoms with Gasteiger partial charge in [-0.1, -0.05) is 31.5 Å². The van der Waals surface area contributed by atoms with Crippen molar-refractivity contribution < 1.29 is 4.42 Å². The second-order valence-corrected chi connectivity index (χ2v) is 5.25. The highest BCUT2D eigenvalue weighted by Gasteiger charge is 2.31. The van der Waals surface area contributed by atoms with Crippen molar-refractivity contribution in [1.29, 1.82) is 0 Å². The van der Waals surface area contributed by atoms with Crippen LogP contribution in [0.1, 0.15) is 43.6 Å². The van der Waals surface area contributed by atoms with E-state index in [1.54, 1.807) is 0 Å². The smallest absolute Gasteiger partial charge is 0.134 e. The van der Waals surface area contributed by atoms with Gasteiger partial charge in [0.25, 0.3) is 0 Å². The number of para-hydroxylation sites is 1. The van der Waals surface area contributed by atoms with Crippen molar-refractivity contribution in [3.63, 3.8) is 0 Å². The molecule has 1 N–H and O–H groups in total. The SMILES string of the molecule is CCc1oc2ccccc2c1C(NC)C1CCC1. The number of furan rings is 1. The van der Waals surface area contributed by atoms with E-state index in [4.69, 9.17) is 4.42 Å². The highest BCUT2D eigenvalue weighted by Crippen LogP contribution is 2.42. The van der Waals surface area contributed by atoms with Crippen molar-refractivity contribution in [2.24, 2.45) is 5.92 Å². The fourth-order valence-electron chi connectivity index (χ4n) is 3.11. The summed E-state index contributed by atoms with van der Waals surface area (Å²) in [6.45, 7) is 2.18. The Balaban J connectivity index is 2.12. The molecule has 0 aliphatic heterocycles. The molecule has 2 aromatic rings. The third-order valence-corrected chi connectivity index (χ3v) is 4.28. The van der Waals surface area contributed by atoms with Crippen molar-refractivity contribution in [3.05, 3.63) is 35.6 Å². The Morgan fingerprint density at radius 1 is 1.33 bits per heavy atom. The summed E-state index contributed by atoms with van der Waals surface area (Å²) >= 11 is 0. The number of rotatable bonds is 4. The Bertz CT molecular complexity index is 539. The first-order chi connectivity index (χ1) is 8.85. The van der Waals surface area contributed by atoms with Gasteiger partial charge in [0.2, 0.25) is 0 Å². The van der Waals surface area contributed by atoms with Gasteiger partial charge in [-0.3, -0.25) is 0 Å². The van der Waals surface area contributed by atoms with Gasteiger partial charge in [-0.05, 0) is 31.9 Å². The average molecular weight is 243 g/mol. The molecule has 1 atom stereocenters. The van der Waals surface area contributed by atoms with Crippen molar-refractivity contribution >= 4 is 11.0 Å². The summed E-state index contributed by atoms with van der Waals surface area (Å²) in [5.74, 6) is 1.93. The molecular weight excluding hydrogens is 222 g/mol. The van der Waals surface area contributed by atoms with Crippen molar-refractivity contribution in [3.8, 4) is 0 Å². The Morgan fingerprint density at radius 2 is 2.11 bits per heavy atom. The highest BCUT2D eigenvalue weighted by molar-refractivity contribution is 5.82. The lowest BCUT2D eigenvalue weighted by Gasteiger charge is -2.33. The van der Waals surface area contributed by atoms with E-state index in [-0.39, 0.29) is 0 Å². The molecular formula is C16H21NO. The summed E-state index contributed by atoms with van der Waals surface area (Å²) in [5, 5.41) is 4.81. The Morgan fingerprint density at radius 3 is 2.72 bits per heavy atom. The van der Waals surface area contributed by atoms with Crippen LogP contribution in [0, 0.1) is 5.92 Å². The van der Waals surface area contributed by atoms with Gasteiger partial charge in [0.15, 0.2) is 0 Å². The van der Waals surface area contributed by atoms with Crippen LogP contribution in [0.4, 0.5) is 0 Å². The second kappa shape index (κ2) is 4.77. The summed E-state index contributed by atoms with van der Waals surface area (Å²) in [5.41, 5.74) is 2.43. The molecule has 3 rings (SSSR count). The van der Waals surface area contributed by atoms with E-state index < -0.39 is 0 Å². The van der Waals surface area contributed by atoms with Crippen LogP contribution in [0.5, 0.6) is 0 Å². The largest absolute Gasteiger partial charge is 0.461 e. The Labute approximate surface area is 108 Å². The molecule has 1 aromatic heterocycles. The first-order valence-corrected chi connectivity index (χ1v) is 7.02. The fourth-order valence-corrected chi connectivity index (χ4v) is 3.11. The van der Waals surface area contributed by atoms with Crippen LogP contribution in [0.3, 0.4) is 0 Å². The lowest BCUT2D eigenvalue weighted by Crippen LogP contribution is -2.30. The lowest BCUT2D eigenvalue weighted by atomic mass is 9.76. The van der Waals surface area contributed by atoms with Crippen LogP contribution >= 0.6 is 0 Å². The molecule has 0 amide bonds. The minimum absolute atomic E-state index is 0.456. The number of nitrogens with one attached hydrogen (secondary N) is 1. The molecule has 1 aliphatic carbocycles. The van der Waals surface area contributed by atoms with Gasteiger partial charge in [-0.2, -0.15) is 0 Å². The molecule has 0 bridgehead atoms. The Hall–Kier alpha value is -1.28. The molecule has 1 aliphatic rings. The van der Waals surface area contributed by atoms with E-state index in [0.29, 0.717) is 6.04 Å². The minimum atomic E-state index is 0.456. The van der Waals surface area contributed by atoms with Crippen LogP contribution in [-0.2, 0) is 6.42 Å². The molecule has 1 heterocycles. The first kappa shape index (κ1) is 11.8.